The number of hydrogen-bond donors (Lipinski definition) is 1. The Hall–Kier alpha value is -1.81. The SMILES string of the molecule is Cn1c(-c2ccc(N)cc2)nc2c(Br)cccc21. The number of aromatic nitrogens is 2. The molecule has 1 aromatic heterocycles. The number of nitrogen functional groups attached to an aromatic ring is 1. The maximum absolute atomic E-state index is 5.71. The van der Waals surface area contributed by atoms with Crippen molar-refractivity contribution in [3.8, 4) is 11.4 Å². The number of fused-ring (bicyclic) bond motifs is 1. The summed E-state index contributed by atoms with van der Waals surface area (Å²) in [4.78, 5) is 4.69. The van der Waals surface area contributed by atoms with Crippen molar-refractivity contribution in [2.45, 2.75) is 0 Å². The summed E-state index contributed by atoms with van der Waals surface area (Å²) in [5, 5.41) is 0. The van der Waals surface area contributed by atoms with Gasteiger partial charge < -0.3 is 10.3 Å². The lowest BCUT2D eigenvalue weighted by Crippen LogP contribution is -1.92. The molecule has 0 radical (unpaired) electrons. The molecule has 0 aliphatic carbocycles. The number of nitrogens with two attached hydrogens (primary N) is 1. The van der Waals surface area contributed by atoms with E-state index >= 15 is 0 Å². The molecule has 2 aromatic carbocycles. The minimum absolute atomic E-state index is 0.763. The number of anilines is 1. The number of benzene rings is 2. The van der Waals surface area contributed by atoms with Crippen LogP contribution in [-0.2, 0) is 7.05 Å². The Bertz CT molecular complexity index is 714. The number of imidazole rings is 1. The average molecular weight is 302 g/mol. The van der Waals surface area contributed by atoms with Crippen molar-refractivity contribution in [3.05, 3.63) is 46.9 Å². The quantitative estimate of drug-likeness (QED) is 0.698. The molecule has 0 unspecified atom stereocenters. The third kappa shape index (κ3) is 1.69. The van der Waals surface area contributed by atoms with Crippen molar-refractivity contribution >= 4 is 32.7 Å². The van der Waals surface area contributed by atoms with Crippen LogP contribution in [0.1, 0.15) is 0 Å². The van der Waals surface area contributed by atoms with Crippen LogP contribution in [0.2, 0.25) is 0 Å². The minimum atomic E-state index is 0.763. The Morgan fingerprint density at radius 2 is 1.83 bits per heavy atom. The summed E-state index contributed by atoms with van der Waals surface area (Å²) in [6.07, 6.45) is 0. The molecule has 0 atom stereocenters. The van der Waals surface area contributed by atoms with Gasteiger partial charge in [0.25, 0.3) is 0 Å². The molecular weight excluding hydrogens is 290 g/mol. The number of rotatable bonds is 1. The highest BCUT2D eigenvalue weighted by atomic mass is 79.9. The van der Waals surface area contributed by atoms with Crippen LogP contribution >= 0.6 is 15.9 Å². The third-order valence-corrected chi connectivity index (χ3v) is 3.67. The van der Waals surface area contributed by atoms with Crippen molar-refractivity contribution in [2.75, 3.05) is 5.73 Å². The standard InChI is InChI=1S/C14H12BrN3/c1-18-12-4-2-3-11(15)13(12)17-14(18)9-5-7-10(16)8-6-9/h2-8H,16H2,1H3. The molecule has 0 amide bonds. The maximum atomic E-state index is 5.71. The Kier molecular flexibility index (Phi) is 2.59. The first-order valence-corrected chi connectivity index (χ1v) is 6.43. The normalized spacial score (nSPS) is 11.0. The molecule has 0 fully saturated rings. The Balaban J connectivity index is 2.27. The van der Waals surface area contributed by atoms with Crippen molar-refractivity contribution < 1.29 is 0 Å². The lowest BCUT2D eigenvalue weighted by atomic mass is 10.2. The zero-order valence-electron chi connectivity index (χ0n) is 9.89. The number of nitrogens with zero attached hydrogens (tertiary/aromatic N) is 2. The number of para-hydroxylation sites is 1. The average Bonchev–Trinajstić information content (AvgIpc) is 2.70. The summed E-state index contributed by atoms with van der Waals surface area (Å²) in [5.74, 6) is 0.942. The van der Waals surface area contributed by atoms with Crippen molar-refractivity contribution in [3.63, 3.8) is 0 Å². The van der Waals surface area contributed by atoms with Gasteiger partial charge >= 0.3 is 0 Å². The van der Waals surface area contributed by atoms with Gasteiger partial charge in [0.15, 0.2) is 0 Å². The van der Waals surface area contributed by atoms with Crippen LogP contribution < -0.4 is 5.73 Å². The molecule has 3 aromatic rings. The van der Waals surface area contributed by atoms with Gasteiger partial charge in [-0.1, -0.05) is 6.07 Å². The lowest BCUT2D eigenvalue weighted by molar-refractivity contribution is 0.959. The Morgan fingerprint density at radius 1 is 1.11 bits per heavy atom. The van der Waals surface area contributed by atoms with Gasteiger partial charge in [-0.05, 0) is 52.3 Å². The van der Waals surface area contributed by atoms with Gasteiger partial charge in [0.1, 0.15) is 11.3 Å². The molecular formula is C14H12BrN3. The molecule has 1 heterocycles. The second-order valence-electron chi connectivity index (χ2n) is 4.22. The monoisotopic (exact) mass is 301 g/mol. The van der Waals surface area contributed by atoms with E-state index in [1.807, 2.05) is 43.4 Å². The van der Waals surface area contributed by atoms with Crippen molar-refractivity contribution in [2.24, 2.45) is 7.05 Å². The molecule has 3 rings (SSSR count). The smallest absolute Gasteiger partial charge is 0.140 e. The highest BCUT2D eigenvalue weighted by molar-refractivity contribution is 9.10. The van der Waals surface area contributed by atoms with Gasteiger partial charge in [0, 0.05) is 22.8 Å². The van der Waals surface area contributed by atoms with E-state index in [2.05, 4.69) is 31.5 Å². The first-order valence-electron chi connectivity index (χ1n) is 5.63. The molecule has 0 saturated carbocycles. The van der Waals surface area contributed by atoms with Crippen LogP contribution in [0.15, 0.2) is 46.9 Å². The number of halogens is 1. The van der Waals surface area contributed by atoms with Crippen molar-refractivity contribution in [1.29, 1.82) is 0 Å². The van der Waals surface area contributed by atoms with E-state index in [-0.39, 0.29) is 0 Å². The van der Waals surface area contributed by atoms with E-state index in [4.69, 9.17) is 5.73 Å². The fraction of sp³-hybridized carbons (Fsp3) is 0.0714. The zero-order valence-corrected chi connectivity index (χ0v) is 11.5. The molecule has 90 valence electrons. The molecule has 2 N–H and O–H groups in total. The molecule has 0 aliphatic heterocycles. The van der Waals surface area contributed by atoms with E-state index in [1.165, 1.54) is 0 Å². The fourth-order valence-electron chi connectivity index (χ4n) is 2.07. The topological polar surface area (TPSA) is 43.8 Å². The van der Waals surface area contributed by atoms with Crippen LogP contribution in [0.5, 0.6) is 0 Å². The summed E-state index contributed by atoms with van der Waals surface area (Å²) >= 11 is 3.53. The van der Waals surface area contributed by atoms with E-state index in [1.54, 1.807) is 0 Å². The van der Waals surface area contributed by atoms with E-state index in [0.29, 0.717) is 0 Å². The molecule has 18 heavy (non-hydrogen) atoms. The van der Waals surface area contributed by atoms with Gasteiger partial charge in [-0.3, -0.25) is 0 Å². The van der Waals surface area contributed by atoms with Crippen LogP contribution in [0, 0.1) is 0 Å². The van der Waals surface area contributed by atoms with E-state index in [9.17, 15) is 0 Å². The summed E-state index contributed by atoms with van der Waals surface area (Å²) in [6.45, 7) is 0. The number of hydrogen-bond acceptors (Lipinski definition) is 2. The number of aryl methyl sites for hydroxylation is 1. The fourth-order valence-corrected chi connectivity index (χ4v) is 2.52. The van der Waals surface area contributed by atoms with Crippen LogP contribution in [0.3, 0.4) is 0 Å². The summed E-state index contributed by atoms with van der Waals surface area (Å²) in [7, 11) is 2.02. The highest BCUT2D eigenvalue weighted by Crippen LogP contribution is 2.28. The third-order valence-electron chi connectivity index (χ3n) is 3.03. The highest BCUT2D eigenvalue weighted by Gasteiger charge is 2.11. The van der Waals surface area contributed by atoms with Crippen LogP contribution in [-0.4, -0.2) is 9.55 Å². The Labute approximate surface area is 113 Å². The van der Waals surface area contributed by atoms with Gasteiger partial charge in [-0.15, -0.1) is 0 Å². The largest absolute Gasteiger partial charge is 0.399 e. The Morgan fingerprint density at radius 3 is 2.50 bits per heavy atom. The molecule has 4 heteroatoms. The van der Waals surface area contributed by atoms with E-state index in [0.717, 1.165) is 32.6 Å². The summed E-state index contributed by atoms with van der Waals surface area (Å²) in [6, 6.07) is 13.8. The zero-order chi connectivity index (χ0) is 12.7. The predicted molar refractivity (Wildman–Crippen MR) is 78.3 cm³/mol. The van der Waals surface area contributed by atoms with Gasteiger partial charge in [-0.2, -0.15) is 0 Å². The van der Waals surface area contributed by atoms with Crippen LogP contribution in [0.25, 0.3) is 22.4 Å². The minimum Gasteiger partial charge on any atom is -0.399 e. The maximum Gasteiger partial charge on any atom is 0.140 e. The van der Waals surface area contributed by atoms with E-state index < -0.39 is 0 Å². The molecule has 0 bridgehead atoms. The summed E-state index contributed by atoms with van der Waals surface area (Å²) < 4.78 is 3.10. The first-order chi connectivity index (χ1) is 8.66. The van der Waals surface area contributed by atoms with Crippen molar-refractivity contribution in [1.82, 2.24) is 9.55 Å². The second-order valence-corrected chi connectivity index (χ2v) is 5.08. The first kappa shape index (κ1) is 11.3. The summed E-state index contributed by atoms with van der Waals surface area (Å²) in [5.41, 5.74) is 9.62. The van der Waals surface area contributed by atoms with Gasteiger partial charge in [-0.25, -0.2) is 4.98 Å². The molecule has 0 spiro atoms. The molecule has 3 nitrogen and oxygen atoms in total. The van der Waals surface area contributed by atoms with Crippen LogP contribution in [0.4, 0.5) is 5.69 Å². The predicted octanol–water partition coefficient (Wildman–Crippen LogP) is 3.59. The lowest BCUT2D eigenvalue weighted by Gasteiger charge is -2.02. The molecule has 0 aliphatic rings. The molecule has 0 saturated heterocycles. The second kappa shape index (κ2) is 4.14. The van der Waals surface area contributed by atoms with Gasteiger partial charge in [0.2, 0.25) is 0 Å². The van der Waals surface area contributed by atoms with Gasteiger partial charge in [0.05, 0.1) is 5.52 Å².